The molecular formula is C21H32O8. The molecule has 0 amide bonds. The summed E-state index contributed by atoms with van der Waals surface area (Å²) in [6.45, 7) is 16.1. The van der Waals surface area contributed by atoms with E-state index in [0.717, 1.165) is 5.57 Å². The van der Waals surface area contributed by atoms with Gasteiger partial charge in [0.1, 0.15) is 25.9 Å². The summed E-state index contributed by atoms with van der Waals surface area (Å²) < 4.78 is 14.8. The molecule has 0 saturated carbocycles. The maximum absolute atomic E-state index is 12.3. The molecule has 0 spiro atoms. The first-order valence-electron chi connectivity index (χ1n) is 9.11. The van der Waals surface area contributed by atoms with E-state index < -0.39 is 35.5 Å². The Labute approximate surface area is 171 Å². The Morgan fingerprint density at radius 3 is 1.86 bits per heavy atom. The van der Waals surface area contributed by atoms with Gasteiger partial charge in [0.15, 0.2) is 0 Å². The molecule has 0 aromatic heterocycles. The fraction of sp³-hybridized carbons (Fsp3) is 0.571. The molecule has 0 rings (SSSR count). The minimum Gasteiger partial charge on any atom is -0.462 e. The lowest BCUT2D eigenvalue weighted by atomic mass is 9.86. The van der Waals surface area contributed by atoms with E-state index in [1.54, 1.807) is 20.8 Å². The number of aliphatic hydroxyl groups excluding tert-OH is 2. The van der Waals surface area contributed by atoms with Gasteiger partial charge in [-0.05, 0) is 40.5 Å². The molecule has 0 fully saturated rings. The molecule has 8 nitrogen and oxygen atoms in total. The van der Waals surface area contributed by atoms with Crippen LogP contribution < -0.4 is 0 Å². The molecule has 2 unspecified atom stereocenters. The van der Waals surface area contributed by atoms with Crippen LogP contribution in [0.2, 0.25) is 0 Å². The number of hydrogen-bond donors (Lipinski definition) is 2. The van der Waals surface area contributed by atoms with E-state index >= 15 is 0 Å². The van der Waals surface area contributed by atoms with Gasteiger partial charge in [0.05, 0.1) is 11.5 Å². The molecule has 0 heterocycles. The third kappa shape index (κ3) is 11.2. The normalized spacial score (nSPS) is 13.0. The van der Waals surface area contributed by atoms with Gasteiger partial charge in [-0.1, -0.05) is 18.7 Å². The highest BCUT2D eigenvalue weighted by molar-refractivity contribution is 5.89. The van der Waals surface area contributed by atoms with Gasteiger partial charge in [0, 0.05) is 11.1 Å². The number of esters is 3. The summed E-state index contributed by atoms with van der Waals surface area (Å²) in [4.78, 5) is 35.5. The summed E-state index contributed by atoms with van der Waals surface area (Å²) in [6, 6.07) is 0. The average Bonchev–Trinajstić information content (AvgIpc) is 2.60. The Balaban J connectivity index is 4.45. The van der Waals surface area contributed by atoms with Gasteiger partial charge in [-0.15, -0.1) is 6.58 Å². The van der Waals surface area contributed by atoms with Crippen LogP contribution in [0, 0.1) is 5.41 Å². The summed E-state index contributed by atoms with van der Waals surface area (Å²) in [5.41, 5.74) is -0.119. The van der Waals surface area contributed by atoms with Crippen molar-refractivity contribution in [2.24, 2.45) is 5.41 Å². The van der Waals surface area contributed by atoms with Crippen molar-refractivity contribution in [2.75, 3.05) is 19.8 Å². The Bertz CT molecular complexity index is 647. The topological polar surface area (TPSA) is 119 Å². The Morgan fingerprint density at radius 1 is 0.862 bits per heavy atom. The Morgan fingerprint density at radius 2 is 1.34 bits per heavy atom. The van der Waals surface area contributed by atoms with Crippen LogP contribution in [0.25, 0.3) is 0 Å². The molecule has 2 N–H and O–H groups in total. The van der Waals surface area contributed by atoms with Crippen LogP contribution >= 0.6 is 0 Å². The molecule has 29 heavy (non-hydrogen) atoms. The van der Waals surface area contributed by atoms with Crippen LogP contribution in [-0.4, -0.2) is 60.1 Å². The van der Waals surface area contributed by atoms with E-state index in [0.29, 0.717) is 6.42 Å². The molecule has 0 saturated heterocycles. The molecule has 0 aliphatic carbocycles. The van der Waals surface area contributed by atoms with Gasteiger partial charge >= 0.3 is 17.9 Å². The number of aliphatic hydroxyl groups is 2. The lowest BCUT2D eigenvalue weighted by Crippen LogP contribution is -2.33. The van der Waals surface area contributed by atoms with Crippen LogP contribution in [0.4, 0.5) is 0 Å². The molecule has 0 aliphatic rings. The van der Waals surface area contributed by atoms with E-state index in [-0.39, 0.29) is 37.4 Å². The summed E-state index contributed by atoms with van der Waals surface area (Å²) in [5.74, 6) is -2.05. The van der Waals surface area contributed by atoms with Crippen LogP contribution in [0.15, 0.2) is 36.5 Å². The fourth-order valence-electron chi connectivity index (χ4n) is 2.12. The number of carbonyl (C=O) groups is 3. The van der Waals surface area contributed by atoms with Gasteiger partial charge in [-0.2, -0.15) is 0 Å². The van der Waals surface area contributed by atoms with Crippen molar-refractivity contribution in [3.8, 4) is 0 Å². The van der Waals surface area contributed by atoms with E-state index in [2.05, 4.69) is 19.7 Å². The summed E-state index contributed by atoms with van der Waals surface area (Å²) >= 11 is 0. The Hall–Kier alpha value is -2.45. The molecule has 8 heteroatoms. The van der Waals surface area contributed by atoms with Gasteiger partial charge in [-0.25, -0.2) is 9.59 Å². The zero-order valence-corrected chi connectivity index (χ0v) is 17.7. The van der Waals surface area contributed by atoms with Crippen molar-refractivity contribution in [2.45, 2.75) is 52.7 Å². The third-order valence-electron chi connectivity index (χ3n) is 3.65. The van der Waals surface area contributed by atoms with Gasteiger partial charge in [0.25, 0.3) is 0 Å². The molecule has 0 aromatic rings. The van der Waals surface area contributed by atoms with Crippen LogP contribution in [0.1, 0.15) is 40.5 Å². The van der Waals surface area contributed by atoms with Gasteiger partial charge < -0.3 is 24.4 Å². The molecule has 0 aromatic carbocycles. The van der Waals surface area contributed by atoms with Crippen molar-refractivity contribution >= 4 is 17.9 Å². The zero-order chi connectivity index (χ0) is 22.8. The first kappa shape index (κ1) is 26.6. The monoisotopic (exact) mass is 412 g/mol. The quantitative estimate of drug-likeness (QED) is 0.204. The van der Waals surface area contributed by atoms with Crippen LogP contribution in [-0.2, 0) is 28.6 Å². The summed E-state index contributed by atoms with van der Waals surface area (Å²) in [7, 11) is 0. The molecule has 0 radical (unpaired) electrons. The molecule has 2 atom stereocenters. The third-order valence-corrected chi connectivity index (χ3v) is 3.65. The standard InChI is InChI=1S/C21H32O8/c1-13(2)8-16(22)10-28-19(25)15(5)9-21(6,7)20(26)29-12-17(23)11-27-18(24)14(3)4/h16-17,22-23H,1,3,5,8-12H2,2,4,6-7H3. The second-order valence-corrected chi connectivity index (χ2v) is 7.71. The van der Waals surface area contributed by atoms with Crippen molar-refractivity contribution in [3.05, 3.63) is 36.5 Å². The van der Waals surface area contributed by atoms with E-state index in [9.17, 15) is 24.6 Å². The van der Waals surface area contributed by atoms with Crippen LogP contribution in [0.5, 0.6) is 0 Å². The van der Waals surface area contributed by atoms with Gasteiger partial charge in [0.2, 0.25) is 0 Å². The Kier molecular flexibility index (Phi) is 11.2. The molecular weight excluding hydrogens is 380 g/mol. The number of ether oxygens (including phenoxy) is 3. The van der Waals surface area contributed by atoms with Gasteiger partial charge in [-0.3, -0.25) is 4.79 Å². The minimum atomic E-state index is -1.19. The molecule has 0 bridgehead atoms. The van der Waals surface area contributed by atoms with Crippen molar-refractivity contribution in [1.29, 1.82) is 0 Å². The molecule has 0 aliphatic heterocycles. The highest BCUT2D eigenvalue weighted by Crippen LogP contribution is 2.27. The van der Waals surface area contributed by atoms with E-state index in [1.807, 2.05) is 0 Å². The first-order valence-corrected chi connectivity index (χ1v) is 9.11. The van der Waals surface area contributed by atoms with Crippen LogP contribution in [0.3, 0.4) is 0 Å². The van der Waals surface area contributed by atoms with E-state index in [4.69, 9.17) is 14.2 Å². The highest BCUT2D eigenvalue weighted by atomic mass is 16.6. The van der Waals surface area contributed by atoms with Crippen molar-refractivity contribution in [1.82, 2.24) is 0 Å². The predicted octanol–water partition coefficient (Wildman–Crippen LogP) is 1.85. The number of carbonyl (C=O) groups excluding carboxylic acids is 3. The van der Waals surface area contributed by atoms with E-state index in [1.165, 1.54) is 6.92 Å². The predicted molar refractivity (Wildman–Crippen MR) is 107 cm³/mol. The summed E-state index contributed by atoms with van der Waals surface area (Å²) in [5, 5.41) is 19.4. The lowest BCUT2D eigenvalue weighted by molar-refractivity contribution is -0.159. The highest BCUT2D eigenvalue weighted by Gasteiger charge is 2.32. The summed E-state index contributed by atoms with van der Waals surface area (Å²) in [6.07, 6.45) is -1.78. The second-order valence-electron chi connectivity index (χ2n) is 7.71. The zero-order valence-electron chi connectivity index (χ0n) is 17.7. The number of rotatable bonds is 13. The van der Waals surface area contributed by atoms with Crippen molar-refractivity contribution in [3.63, 3.8) is 0 Å². The fourth-order valence-corrected chi connectivity index (χ4v) is 2.12. The molecule has 164 valence electrons. The largest absolute Gasteiger partial charge is 0.462 e. The first-order chi connectivity index (χ1) is 13.3. The maximum atomic E-state index is 12.3. The number of hydrogen-bond acceptors (Lipinski definition) is 8. The average molecular weight is 412 g/mol. The maximum Gasteiger partial charge on any atom is 0.333 e. The van der Waals surface area contributed by atoms with Crippen molar-refractivity contribution < 1.29 is 38.8 Å². The lowest BCUT2D eigenvalue weighted by Gasteiger charge is -2.24. The second kappa shape index (κ2) is 12.2. The minimum absolute atomic E-state index is 0.0397. The smallest absolute Gasteiger partial charge is 0.333 e. The SMILES string of the molecule is C=C(C)CC(O)COC(=O)C(=C)CC(C)(C)C(=O)OCC(O)COC(=O)C(=C)C.